The van der Waals surface area contributed by atoms with Gasteiger partial charge in [-0.1, -0.05) is 0 Å². The Balaban J connectivity index is 1.85. The van der Waals surface area contributed by atoms with Crippen LogP contribution in [0.15, 0.2) is 24.3 Å². The molecule has 1 N–H and O–H groups in total. The maximum absolute atomic E-state index is 12.1. The molecule has 1 atom stereocenters. The van der Waals surface area contributed by atoms with E-state index in [2.05, 4.69) is 10.1 Å². The number of hydrogen-bond acceptors (Lipinski definition) is 6. The Morgan fingerprint density at radius 1 is 1.23 bits per heavy atom. The normalized spacial score (nSPS) is 21.8. The average Bonchev–Trinajstić information content (AvgIpc) is 2.77. The molecule has 0 bridgehead atoms. The van der Waals surface area contributed by atoms with Crippen molar-refractivity contribution in [2.45, 2.75) is 25.2 Å². The summed E-state index contributed by atoms with van der Waals surface area (Å²) < 4.78 is 67.6. The third-order valence-electron chi connectivity index (χ3n) is 3.60. The molecule has 1 saturated heterocycles. The van der Waals surface area contributed by atoms with Gasteiger partial charge in [-0.25, -0.2) is 13.2 Å². The summed E-state index contributed by atoms with van der Waals surface area (Å²) in [7, 11) is -3.21. The zero-order valence-electron chi connectivity index (χ0n) is 13.6. The fourth-order valence-electron chi connectivity index (χ4n) is 2.49. The zero-order chi connectivity index (χ0) is 19.6. The van der Waals surface area contributed by atoms with Crippen molar-refractivity contribution in [2.24, 2.45) is 0 Å². The number of carbonyl (C=O) groups excluding carboxylic acids is 2. The number of benzene rings is 1. The summed E-state index contributed by atoms with van der Waals surface area (Å²) in [5.41, 5.74) is -0.985. The maximum atomic E-state index is 12.1. The van der Waals surface area contributed by atoms with E-state index in [0.717, 1.165) is 24.3 Å². The molecule has 2 rings (SSSR count). The molecule has 0 aliphatic carbocycles. The van der Waals surface area contributed by atoms with Gasteiger partial charge in [0.1, 0.15) is 5.75 Å². The van der Waals surface area contributed by atoms with Crippen LogP contribution in [-0.4, -0.2) is 50.3 Å². The predicted molar refractivity (Wildman–Crippen MR) is 83.2 cm³/mol. The lowest BCUT2D eigenvalue weighted by atomic mass is 10.0. The number of hydrogen-bond donors (Lipinski definition) is 1. The summed E-state index contributed by atoms with van der Waals surface area (Å²) in [6.07, 6.45) is -4.58. The van der Waals surface area contributed by atoms with Gasteiger partial charge in [-0.2, -0.15) is 0 Å². The lowest BCUT2D eigenvalue weighted by molar-refractivity contribution is -0.274. The summed E-state index contributed by atoms with van der Waals surface area (Å²) in [6.45, 7) is 0.936. The number of sulfone groups is 1. The summed E-state index contributed by atoms with van der Waals surface area (Å²) >= 11 is 0. The van der Waals surface area contributed by atoms with Gasteiger partial charge in [-0.15, -0.1) is 13.2 Å². The van der Waals surface area contributed by atoms with Gasteiger partial charge in [0.25, 0.3) is 5.91 Å². The van der Waals surface area contributed by atoms with E-state index in [1.54, 1.807) is 6.92 Å². The monoisotopic (exact) mass is 395 g/mol. The molecule has 0 saturated carbocycles. The number of alkyl halides is 3. The molecule has 0 radical (unpaired) electrons. The van der Waals surface area contributed by atoms with Gasteiger partial charge in [-0.05, 0) is 37.6 Å². The van der Waals surface area contributed by atoms with E-state index in [-0.39, 0.29) is 23.5 Å². The van der Waals surface area contributed by atoms with Crippen LogP contribution in [0.5, 0.6) is 5.75 Å². The SMILES string of the molecule is CC1(NC(=O)COC(=O)c2ccc(OC(F)(F)F)cc2)CCS(=O)(=O)C1. The molecule has 0 aromatic heterocycles. The van der Waals surface area contributed by atoms with Gasteiger partial charge < -0.3 is 14.8 Å². The summed E-state index contributed by atoms with van der Waals surface area (Å²) in [4.78, 5) is 23.6. The highest BCUT2D eigenvalue weighted by molar-refractivity contribution is 7.91. The van der Waals surface area contributed by atoms with E-state index in [1.807, 2.05) is 0 Å². The predicted octanol–water partition coefficient (Wildman–Crippen LogP) is 1.44. The number of amides is 1. The number of esters is 1. The van der Waals surface area contributed by atoms with Gasteiger partial charge in [-0.3, -0.25) is 4.79 Å². The van der Waals surface area contributed by atoms with E-state index < -0.39 is 46.0 Å². The van der Waals surface area contributed by atoms with E-state index in [1.165, 1.54) is 0 Å². The third-order valence-corrected chi connectivity index (χ3v) is 5.51. The molecule has 26 heavy (non-hydrogen) atoms. The van der Waals surface area contributed by atoms with Gasteiger partial charge in [0.2, 0.25) is 0 Å². The number of nitrogens with one attached hydrogen (secondary N) is 1. The lowest BCUT2D eigenvalue weighted by Gasteiger charge is -2.23. The number of rotatable bonds is 5. The Labute approximate surface area is 147 Å². The van der Waals surface area contributed by atoms with Gasteiger partial charge >= 0.3 is 12.3 Å². The van der Waals surface area contributed by atoms with Crippen molar-refractivity contribution < 1.29 is 40.7 Å². The first-order valence-electron chi connectivity index (χ1n) is 7.42. The van der Waals surface area contributed by atoms with Gasteiger partial charge in [0, 0.05) is 0 Å². The Hall–Kier alpha value is -2.30. The molecule has 11 heteroatoms. The van der Waals surface area contributed by atoms with Crippen LogP contribution in [0.3, 0.4) is 0 Å². The van der Waals surface area contributed by atoms with Crippen LogP contribution in [0.4, 0.5) is 13.2 Å². The lowest BCUT2D eigenvalue weighted by Crippen LogP contribution is -2.48. The van der Waals surface area contributed by atoms with Crippen LogP contribution < -0.4 is 10.1 Å². The van der Waals surface area contributed by atoms with Crippen LogP contribution in [0.25, 0.3) is 0 Å². The third kappa shape index (κ3) is 5.90. The van der Waals surface area contributed by atoms with E-state index in [9.17, 15) is 31.2 Å². The topological polar surface area (TPSA) is 98.8 Å². The number of ether oxygens (including phenoxy) is 2. The molecule has 1 fully saturated rings. The van der Waals surface area contributed by atoms with Gasteiger partial charge in [0.15, 0.2) is 16.4 Å². The minimum absolute atomic E-state index is 0.0318. The van der Waals surface area contributed by atoms with Crippen molar-refractivity contribution >= 4 is 21.7 Å². The molecule has 1 heterocycles. The molecular weight excluding hydrogens is 379 g/mol. The van der Waals surface area contributed by atoms with Crippen molar-refractivity contribution in [3.8, 4) is 5.75 Å². The second-order valence-electron chi connectivity index (χ2n) is 6.10. The smallest absolute Gasteiger partial charge is 0.452 e. The second kappa shape index (κ2) is 7.14. The molecular formula is C15H16F3NO6S. The van der Waals surface area contributed by atoms with Crippen LogP contribution >= 0.6 is 0 Å². The Kier molecular flexibility index (Phi) is 5.49. The largest absolute Gasteiger partial charge is 0.573 e. The van der Waals surface area contributed by atoms with Crippen molar-refractivity contribution in [3.63, 3.8) is 0 Å². The Bertz CT molecular complexity index is 791. The molecule has 0 spiro atoms. The average molecular weight is 395 g/mol. The highest BCUT2D eigenvalue weighted by atomic mass is 32.2. The molecule has 1 aromatic carbocycles. The number of carbonyl (C=O) groups is 2. The van der Waals surface area contributed by atoms with Crippen molar-refractivity contribution in [1.82, 2.24) is 5.32 Å². The Morgan fingerprint density at radius 3 is 2.35 bits per heavy atom. The van der Waals surface area contributed by atoms with E-state index in [4.69, 9.17) is 4.74 Å². The van der Waals surface area contributed by atoms with Crippen LogP contribution in [-0.2, 0) is 19.4 Å². The molecule has 1 unspecified atom stereocenters. The Morgan fingerprint density at radius 2 is 1.85 bits per heavy atom. The van der Waals surface area contributed by atoms with Crippen molar-refractivity contribution in [2.75, 3.05) is 18.1 Å². The van der Waals surface area contributed by atoms with Crippen LogP contribution in [0.2, 0.25) is 0 Å². The zero-order valence-corrected chi connectivity index (χ0v) is 14.4. The van der Waals surface area contributed by atoms with E-state index in [0.29, 0.717) is 0 Å². The fraction of sp³-hybridized carbons (Fsp3) is 0.467. The fourth-order valence-corrected chi connectivity index (χ4v) is 4.58. The molecule has 1 aromatic rings. The maximum Gasteiger partial charge on any atom is 0.573 e. The van der Waals surface area contributed by atoms with Crippen molar-refractivity contribution in [3.05, 3.63) is 29.8 Å². The van der Waals surface area contributed by atoms with Crippen LogP contribution in [0.1, 0.15) is 23.7 Å². The highest BCUT2D eigenvalue weighted by Gasteiger charge is 2.39. The van der Waals surface area contributed by atoms with Crippen molar-refractivity contribution in [1.29, 1.82) is 0 Å². The first-order chi connectivity index (χ1) is 11.9. The molecule has 1 aliphatic rings. The quantitative estimate of drug-likeness (QED) is 0.758. The molecule has 1 aliphatic heterocycles. The minimum Gasteiger partial charge on any atom is -0.452 e. The molecule has 144 valence electrons. The first kappa shape index (κ1) is 20.0. The van der Waals surface area contributed by atoms with Crippen LogP contribution in [0, 0.1) is 0 Å². The summed E-state index contributed by atoms with van der Waals surface area (Å²) in [5, 5.41) is 2.51. The van der Waals surface area contributed by atoms with E-state index >= 15 is 0 Å². The first-order valence-corrected chi connectivity index (χ1v) is 9.24. The molecule has 7 nitrogen and oxygen atoms in total. The summed E-state index contributed by atoms with van der Waals surface area (Å²) in [5.74, 6) is -2.31. The number of halogens is 3. The highest BCUT2D eigenvalue weighted by Crippen LogP contribution is 2.23. The second-order valence-corrected chi connectivity index (χ2v) is 8.28. The molecule has 1 amide bonds. The minimum atomic E-state index is -4.84. The van der Waals surface area contributed by atoms with Gasteiger partial charge in [0.05, 0.1) is 22.6 Å². The standard InChI is InChI=1S/C15H16F3NO6S/c1-14(6-7-26(22,23)9-14)19-12(20)8-24-13(21)10-2-4-11(5-3-10)25-15(16,17)18/h2-5H,6-9H2,1H3,(H,19,20). The summed E-state index contributed by atoms with van der Waals surface area (Å²) in [6, 6.07) is 4.00.